The standard InChI is InChI=1S/C24H21N3OS/c1-17-25-21-15-9-8-14-20(21)24(26-17)29-16-22(28)27-23(18-10-4-2-5-11-18)19-12-6-3-7-13-19/h2-15,23H,16H2,1H3,(H,27,28). The van der Waals surface area contributed by atoms with Gasteiger partial charge in [0, 0.05) is 5.39 Å². The third kappa shape index (κ3) is 4.63. The molecule has 4 rings (SSSR count). The topological polar surface area (TPSA) is 54.9 Å². The van der Waals surface area contributed by atoms with Crippen molar-refractivity contribution in [1.82, 2.24) is 15.3 Å². The minimum atomic E-state index is -0.186. The zero-order valence-corrected chi connectivity index (χ0v) is 16.9. The number of amides is 1. The molecule has 1 heterocycles. The van der Waals surface area contributed by atoms with Crippen molar-refractivity contribution in [3.63, 3.8) is 0 Å². The van der Waals surface area contributed by atoms with Crippen LogP contribution in [0.25, 0.3) is 10.9 Å². The lowest BCUT2D eigenvalue weighted by Crippen LogP contribution is -2.30. The van der Waals surface area contributed by atoms with Crippen molar-refractivity contribution in [3.05, 3.63) is 102 Å². The summed E-state index contributed by atoms with van der Waals surface area (Å²) in [5.74, 6) is 0.961. The van der Waals surface area contributed by atoms with Gasteiger partial charge in [-0.1, -0.05) is 90.6 Å². The minimum Gasteiger partial charge on any atom is -0.344 e. The van der Waals surface area contributed by atoms with Gasteiger partial charge in [-0.25, -0.2) is 9.97 Å². The molecule has 4 nitrogen and oxygen atoms in total. The molecular formula is C24H21N3OS. The number of aromatic nitrogens is 2. The molecule has 0 aliphatic heterocycles. The van der Waals surface area contributed by atoms with E-state index in [0.717, 1.165) is 27.1 Å². The summed E-state index contributed by atoms with van der Waals surface area (Å²) in [5.41, 5.74) is 3.01. The van der Waals surface area contributed by atoms with Crippen molar-refractivity contribution in [2.45, 2.75) is 18.0 Å². The number of carbonyl (C=O) groups is 1. The fourth-order valence-corrected chi connectivity index (χ4v) is 4.13. The predicted octanol–water partition coefficient (Wildman–Crippen LogP) is 4.94. The molecule has 0 unspecified atom stereocenters. The van der Waals surface area contributed by atoms with E-state index in [4.69, 9.17) is 0 Å². The average molecular weight is 400 g/mol. The molecule has 0 spiro atoms. The lowest BCUT2D eigenvalue weighted by atomic mass is 9.99. The smallest absolute Gasteiger partial charge is 0.231 e. The van der Waals surface area contributed by atoms with E-state index >= 15 is 0 Å². The highest BCUT2D eigenvalue weighted by Gasteiger charge is 2.17. The molecule has 1 amide bonds. The summed E-state index contributed by atoms with van der Waals surface area (Å²) in [4.78, 5) is 21.8. The third-order valence-electron chi connectivity index (χ3n) is 4.59. The van der Waals surface area contributed by atoms with Crippen LogP contribution in [0.4, 0.5) is 0 Å². The number of fused-ring (bicyclic) bond motifs is 1. The summed E-state index contributed by atoms with van der Waals surface area (Å²) in [6.07, 6.45) is 0. The van der Waals surface area contributed by atoms with Crippen LogP contribution in [0.2, 0.25) is 0 Å². The summed E-state index contributed by atoms with van der Waals surface area (Å²) in [7, 11) is 0. The van der Waals surface area contributed by atoms with Crippen LogP contribution in [0.15, 0.2) is 90.0 Å². The molecular weight excluding hydrogens is 378 g/mol. The fourth-order valence-electron chi connectivity index (χ4n) is 3.26. The van der Waals surface area contributed by atoms with Crippen molar-refractivity contribution in [1.29, 1.82) is 0 Å². The molecule has 144 valence electrons. The molecule has 3 aromatic carbocycles. The first-order valence-corrected chi connectivity index (χ1v) is 10.4. The molecule has 0 fully saturated rings. The molecule has 0 atom stereocenters. The summed E-state index contributed by atoms with van der Waals surface area (Å²) >= 11 is 1.44. The maximum atomic E-state index is 12.8. The highest BCUT2D eigenvalue weighted by Crippen LogP contribution is 2.26. The zero-order chi connectivity index (χ0) is 20.1. The molecule has 1 aromatic heterocycles. The summed E-state index contributed by atoms with van der Waals surface area (Å²) in [5, 5.41) is 4.98. The molecule has 0 saturated heterocycles. The second-order valence-corrected chi connectivity index (χ2v) is 7.67. The Morgan fingerprint density at radius 3 is 2.10 bits per heavy atom. The number of nitrogens with one attached hydrogen (secondary N) is 1. The van der Waals surface area contributed by atoms with E-state index in [0.29, 0.717) is 5.82 Å². The molecule has 1 N–H and O–H groups in total. The van der Waals surface area contributed by atoms with Crippen molar-refractivity contribution < 1.29 is 4.79 Å². The van der Waals surface area contributed by atoms with Crippen molar-refractivity contribution in [3.8, 4) is 0 Å². The highest BCUT2D eigenvalue weighted by molar-refractivity contribution is 8.00. The maximum Gasteiger partial charge on any atom is 0.231 e. The van der Waals surface area contributed by atoms with Crippen molar-refractivity contribution in [2.24, 2.45) is 0 Å². The van der Waals surface area contributed by atoms with Gasteiger partial charge in [-0.2, -0.15) is 0 Å². The van der Waals surface area contributed by atoms with E-state index < -0.39 is 0 Å². The maximum absolute atomic E-state index is 12.8. The SMILES string of the molecule is Cc1nc(SCC(=O)NC(c2ccccc2)c2ccccc2)c2ccccc2n1. The van der Waals surface area contributed by atoms with E-state index in [2.05, 4.69) is 15.3 Å². The monoisotopic (exact) mass is 399 g/mol. The quantitative estimate of drug-likeness (QED) is 0.369. The molecule has 0 bridgehead atoms. The number of aryl methyl sites for hydroxylation is 1. The second-order valence-electron chi connectivity index (χ2n) is 6.70. The lowest BCUT2D eigenvalue weighted by Gasteiger charge is -2.20. The minimum absolute atomic E-state index is 0.0342. The number of para-hydroxylation sites is 1. The van der Waals surface area contributed by atoms with E-state index in [1.54, 1.807) is 0 Å². The Kier molecular flexibility index (Phi) is 5.86. The Morgan fingerprint density at radius 1 is 0.862 bits per heavy atom. The van der Waals surface area contributed by atoms with Crippen LogP contribution in [0.3, 0.4) is 0 Å². The van der Waals surface area contributed by atoms with Gasteiger partial charge >= 0.3 is 0 Å². The van der Waals surface area contributed by atoms with Gasteiger partial charge in [0.05, 0.1) is 17.3 Å². The van der Waals surface area contributed by atoms with E-state index in [1.165, 1.54) is 11.8 Å². The van der Waals surface area contributed by atoms with Gasteiger partial charge in [0.1, 0.15) is 10.9 Å². The number of hydrogen-bond acceptors (Lipinski definition) is 4. The van der Waals surface area contributed by atoms with E-state index in [1.807, 2.05) is 91.9 Å². The summed E-state index contributed by atoms with van der Waals surface area (Å²) in [6.45, 7) is 1.87. The normalized spacial score (nSPS) is 11.0. The average Bonchev–Trinajstić information content (AvgIpc) is 2.77. The van der Waals surface area contributed by atoms with Crippen LogP contribution in [-0.2, 0) is 4.79 Å². The van der Waals surface area contributed by atoms with Crippen LogP contribution < -0.4 is 5.32 Å². The van der Waals surface area contributed by atoms with Crippen molar-refractivity contribution >= 4 is 28.6 Å². The number of benzene rings is 3. The van der Waals surface area contributed by atoms with Gasteiger partial charge in [0.2, 0.25) is 5.91 Å². The largest absolute Gasteiger partial charge is 0.344 e. The number of rotatable bonds is 6. The molecule has 0 saturated carbocycles. The molecule has 4 aromatic rings. The lowest BCUT2D eigenvalue weighted by molar-refractivity contribution is -0.119. The van der Waals surface area contributed by atoms with Crippen LogP contribution in [0, 0.1) is 6.92 Å². The first-order valence-electron chi connectivity index (χ1n) is 9.46. The molecule has 5 heteroatoms. The number of carbonyl (C=O) groups excluding carboxylic acids is 1. The van der Waals surface area contributed by atoms with Crippen LogP contribution >= 0.6 is 11.8 Å². The number of thioether (sulfide) groups is 1. The molecule has 29 heavy (non-hydrogen) atoms. The molecule has 0 aliphatic carbocycles. The number of hydrogen-bond donors (Lipinski definition) is 1. The van der Waals surface area contributed by atoms with Crippen LogP contribution in [-0.4, -0.2) is 21.6 Å². The Morgan fingerprint density at radius 2 is 1.45 bits per heavy atom. The Hall–Kier alpha value is -3.18. The van der Waals surface area contributed by atoms with E-state index in [9.17, 15) is 4.79 Å². The molecule has 0 radical (unpaired) electrons. The third-order valence-corrected chi connectivity index (χ3v) is 5.58. The zero-order valence-electron chi connectivity index (χ0n) is 16.1. The van der Waals surface area contributed by atoms with Gasteiger partial charge in [-0.15, -0.1) is 0 Å². The Balaban J connectivity index is 1.52. The fraction of sp³-hybridized carbons (Fsp3) is 0.125. The highest BCUT2D eigenvalue weighted by atomic mass is 32.2. The molecule has 0 aliphatic rings. The van der Waals surface area contributed by atoms with Gasteiger partial charge in [-0.3, -0.25) is 4.79 Å². The Bertz CT molecular complexity index is 1080. The second kappa shape index (κ2) is 8.88. The van der Waals surface area contributed by atoms with Gasteiger partial charge < -0.3 is 5.32 Å². The van der Waals surface area contributed by atoms with Crippen LogP contribution in [0.1, 0.15) is 23.0 Å². The predicted molar refractivity (Wildman–Crippen MR) is 118 cm³/mol. The first-order chi connectivity index (χ1) is 14.2. The number of nitrogens with zero attached hydrogens (tertiary/aromatic N) is 2. The van der Waals surface area contributed by atoms with Crippen molar-refractivity contribution in [2.75, 3.05) is 5.75 Å². The van der Waals surface area contributed by atoms with Crippen LogP contribution in [0.5, 0.6) is 0 Å². The van der Waals surface area contributed by atoms with Gasteiger partial charge in [0.25, 0.3) is 0 Å². The van der Waals surface area contributed by atoms with Gasteiger partial charge in [-0.05, 0) is 24.1 Å². The Labute approximate surface area is 174 Å². The van der Waals surface area contributed by atoms with Gasteiger partial charge in [0.15, 0.2) is 0 Å². The first kappa shape index (κ1) is 19.2. The van der Waals surface area contributed by atoms with E-state index in [-0.39, 0.29) is 17.7 Å². The summed E-state index contributed by atoms with van der Waals surface area (Å²) < 4.78 is 0. The summed E-state index contributed by atoms with van der Waals surface area (Å²) in [6, 6.07) is 27.7.